The van der Waals surface area contributed by atoms with Crippen LogP contribution in [0.4, 0.5) is 0 Å². The Hall–Kier alpha value is -3.04. The number of rotatable bonds is 11. The Bertz CT molecular complexity index is 1440. The first-order valence-electron chi connectivity index (χ1n) is 17.3. The molecule has 0 aromatic heterocycles. The summed E-state index contributed by atoms with van der Waals surface area (Å²) in [6.07, 6.45) is 5.58. The molecule has 47 heavy (non-hydrogen) atoms. The van der Waals surface area contributed by atoms with Gasteiger partial charge in [-0.25, -0.2) is 0 Å². The van der Waals surface area contributed by atoms with Crippen LogP contribution >= 0.6 is 0 Å². The first-order chi connectivity index (χ1) is 22.1. The molecule has 4 unspecified atom stereocenters. The van der Waals surface area contributed by atoms with Crippen LogP contribution in [0.1, 0.15) is 112 Å². The zero-order chi connectivity index (χ0) is 34.5. The summed E-state index contributed by atoms with van der Waals surface area (Å²) in [6, 6.07) is 11.0. The number of hydrogen-bond donors (Lipinski definition) is 4. The van der Waals surface area contributed by atoms with Crippen LogP contribution in [0.3, 0.4) is 0 Å². The van der Waals surface area contributed by atoms with E-state index in [1.54, 1.807) is 13.8 Å². The molecule has 0 saturated carbocycles. The van der Waals surface area contributed by atoms with Gasteiger partial charge in [-0.3, -0.25) is 9.59 Å². The third-order valence-electron chi connectivity index (χ3n) is 9.99. The van der Waals surface area contributed by atoms with Crippen LogP contribution in [-0.4, -0.2) is 77.5 Å². The fraction of sp³-hybridized carbons (Fsp3) is 0.590. The summed E-state index contributed by atoms with van der Waals surface area (Å²) in [4.78, 5) is 28.3. The minimum Gasteiger partial charge on any atom is -0.394 e. The quantitative estimate of drug-likeness (QED) is 0.262. The number of carbonyl (C=O) groups excluding carboxylic acids is 2. The third-order valence-corrected chi connectivity index (χ3v) is 9.99. The molecule has 4 atom stereocenters. The van der Waals surface area contributed by atoms with E-state index in [2.05, 4.69) is 68.7 Å². The van der Waals surface area contributed by atoms with Crippen LogP contribution in [0, 0.1) is 19.3 Å². The third kappa shape index (κ3) is 9.11. The Morgan fingerprint density at radius 2 is 1.77 bits per heavy atom. The predicted octanol–water partition coefficient (Wildman–Crippen LogP) is 5.35. The molecule has 0 bridgehead atoms. The molecule has 2 saturated heterocycles. The molecule has 8 nitrogen and oxygen atoms in total. The summed E-state index contributed by atoms with van der Waals surface area (Å²) in [5.74, 6) is 0.144. The number of aryl methyl sites for hydroxylation is 2. The van der Waals surface area contributed by atoms with Crippen LogP contribution in [0.15, 0.2) is 36.4 Å². The van der Waals surface area contributed by atoms with Crippen LogP contribution in [0.25, 0.3) is 6.08 Å². The average Bonchev–Trinajstić information content (AvgIpc) is 3.04. The van der Waals surface area contributed by atoms with Gasteiger partial charge in [-0.1, -0.05) is 56.3 Å². The number of aliphatic hydroxyl groups excluding tert-OH is 2. The molecule has 2 aliphatic heterocycles. The maximum Gasteiger partial charge on any atom is 0.247 e. The van der Waals surface area contributed by atoms with Gasteiger partial charge >= 0.3 is 0 Å². The number of nitrogens with zero attached hydrogens (tertiary/aromatic N) is 1. The summed E-state index contributed by atoms with van der Waals surface area (Å²) in [7, 11) is 0. The van der Waals surface area contributed by atoms with E-state index in [0.717, 1.165) is 42.6 Å². The molecule has 0 radical (unpaired) electrons. The average molecular weight is 648 g/mol. The molecule has 2 heterocycles. The molecule has 0 aliphatic carbocycles. The van der Waals surface area contributed by atoms with Crippen molar-refractivity contribution < 1.29 is 24.5 Å². The number of benzene rings is 2. The molecule has 8 heteroatoms. The molecule has 2 amide bonds. The first-order valence-corrected chi connectivity index (χ1v) is 17.3. The van der Waals surface area contributed by atoms with Crippen molar-refractivity contribution >= 4 is 17.9 Å². The van der Waals surface area contributed by atoms with E-state index < -0.39 is 17.1 Å². The fourth-order valence-corrected chi connectivity index (χ4v) is 6.65. The SMILES string of the molecule is CCC(C)c1cc(C)c(C2CC(O)CC(CO)O2)cc1Cc1ccc(C=CC(C)(C)C(=O)NC(C)(C)C(=O)N2CCNCC2)cc1C. The topological polar surface area (TPSA) is 111 Å². The molecule has 4 N–H and O–H groups in total. The lowest BCUT2D eigenvalue weighted by Crippen LogP contribution is -2.60. The largest absolute Gasteiger partial charge is 0.394 e. The van der Waals surface area contributed by atoms with Crippen molar-refractivity contribution in [2.45, 2.75) is 111 Å². The number of aliphatic hydroxyl groups is 2. The zero-order valence-electron chi connectivity index (χ0n) is 29.8. The van der Waals surface area contributed by atoms with Gasteiger partial charge in [-0.05, 0) is 99.2 Å². The Morgan fingerprint density at radius 3 is 2.40 bits per heavy atom. The van der Waals surface area contributed by atoms with Crippen LogP contribution in [0.2, 0.25) is 0 Å². The normalized spacial score (nSPS) is 21.6. The van der Waals surface area contributed by atoms with Crippen molar-refractivity contribution in [2.24, 2.45) is 5.41 Å². The van der Waals surface area contributed by atoms with E-state index in [1.165, 1.54) is 22.3 Å². The number of ether oxygens (including phenoxy) is 1. The highest BCUT2D eigenvalue weighted by Gasteiger charge is 2.37. The highest BCUT2D eigenvalue weighted by atomic mass is 16.5. The number of amides is 2. The molecular formula is C39H57N3O5. The molecule has 2 fully saturated rings. The van der Waals surface area contributed by atoms with Crippen molar-refractivity contribution in [3.05, 3.63) is 75.4 Å². The Kier molecular flexibility index (Phi) is 12.1. The molecular weight excluding hydrogens is 590 g/mol. The van der Waals surface area contributed by atoms with Gasteiger partial charge in [0.15, 0.2) is 0 Å². The second kappa shape index (κ2) is 15.5. The molecule has 2 aliphatic rings. The number of piperazine rings is 1. The van der Waals surface area contributed by atoms with Crippen molar-refractivity contribution in [1.82, 2.24) is 15.5 Å². The minimum atomic E-state index is -0.995. The molecule has 2 aromatic carbocycles. The van der Waals surface area contributed by atoms with E-state index in [0.29, 0.717) is 31.8 Å². The van der Waals surface area contributed by atoms with Gasteiger partial charge in [0.1, 0.15) is 5.54 Å². The van der Waals surface area contributed by atoms with Crippen molar-refractivity contribution in [3.8, 4) is 0 Å². The Labute approximate surface area is 282 Å². The van der Waals surface area contributed by atoms with Crippen LogP contribution in [-0.2, 0) is 20.7 Å². The van der Waals surface area contributed by atoms with Gasteiger partial charge < -0.3 is 30.5 Å². The van der Waals surface area contributed by atoms with E-state index >= 15 is 0 Å². The maximum atomic E-state index is 13.4. The van der Waals surface area contributed by atoms with Gasteiger partial charge in [-0.15, -0.1) is 0 Å². The summed E-state index contributed by atoms with van der Waals surface area (Å²) in [6.45, 7) is 18.7. The smallest absolute Gasteiger partial charge is 0.247 e. The minimum absolute atomic E-state index is 0.0614. The van der Waals surface area contributed by atoms with E-state index in [4.69, 9.17) is 4.74 Å². The second-order valence-electron chi connectivity index (χ2n) is 14.8. The van der Waals surface area contributed by atoms with Gasteiger partial charge in [0.2, 0.25) is 11.8 Å². The highest BCUT2D eigenvalue weighted by molar-refractivity contribution is 5.93. The predicted molar refractivity (Wildman–Crippen MR) is 188 cm³/mol. The lowest BCUT2D eigenvalue weighted by molar-refractivity contribution is -0.142. The standard InChI is InChI=1S/C39H57N3O5/c1-9-25(2)33-19-27(4)34(35-23-31(44)22-32(24-43)47-35)21-30(33)20-29-11-10-28(18-26(29)3)12-13-38(5,6)36(45)41-39(7,8)37(46)42-16-14-40-15-17-42/h10-13,18-19,21,25,31-32,35,40,43-44H,9,14-17,20,22-24H2,1-8H3,(H,41,45). The van der Waals surface area contributed by atoms with Crippen LogP contribution < -0.4 is 10.6 Å². The van der Waals surface area contributed by atoms with Crippen molar-refractivity contribution in [3.63, 3.8) is 0 Å². The van der Waals surface area contributed by atoms with E-state index in [9.17, 15) is 19.8 Å². The zero-order valence-corrected chi connectivity index (χ0v) is 29.8. The molecule has 0 spiro atoms. The summed E-state index contributed by atoms with van der Waals surface area (Å²) in [5.41, 5.74) is 6.41. The summed E-state index contributed by atoms with van der Waals surface area (Å²) < 4.78 is 6.21. The Balaban J connectivity index is 1.51. The highest BCUT2D eigenvalue weighted by Crippen LogP contribution is 2.37. The molecule has 2 aromatic rings. The number of hydrogen-bond acceptors (Lipinski definition) is 6. The van der Waals surface area contributed by atoms with Gasteiger partial charge in [0, 0.05) is 39.0 Å². The molecule has 258 valence electrons. The van der Waals surface area contributed by atoms with Crippen molar-refractivity contribution in [1.29, 1.82) is 0 Å². The molecule has 4 rings (SSSR count). The lowest BCUT2D eigenvalue weighted by atomic mass is 9.84. The Morgan fingerprint density at radius 1 is 1.06 bits per heavy atom. The van der Waals surface area contributed by atoms with Gasteiger partial charge in [-0.2, -0.15) is 0 Å². The summed E-state index contributed by atoms with van der Waals surface area (Å²) >= 11 is 0. The van der Waals surface area contributed by atoms with Crippen LogP contribution in [0.5, 0.6) is 0 Å². The lowest BCUT2D eigenvalue weighted by Gasteiger charge is -2.36. The number of carbonyl (C=O) groups is 2. The second-order valence-corrected chi connectivity index (χ2v) is 14.8. The van der Waals surface area contributed by atoms with E-state index in [1.807, 2.05) is 30.9 Å². The fourth-order valence-electron chi connectivity index (χ4n) is 6.65. The van der Waals surface area contributed by atoms with E-state index in [-0.39, 0.29) is 30.6 Å². The monoisotopic (exact) mass is 647 g/mol. The first kappa shape index (κ1) is 36.8. The van der Waals surface area contributed by atoms with Gasteiger partial charge in [0.05, 0.1) is 30.3 Å². The van der Waals surface area contributed by atoms with Gasteiger partial charge in [0.25, 0.3) is 0 Å². The number of nitrogens with one attached hydrogen (secondary N) is 2. The van der Waals surface area contributed by atoms with Crippen molar-refractivity contribution in [2.75, 3.05) is 32.8 Å². The maximum absolute atomic E-state index is 13.4. The summed E-state index contributed by atoms with van der Waals surface area (Å²) in [5, 5.41) is 26.5.